The molecule has 1 fully saturated rings. The molecular weight excluding hydrogens is 318 g/mol. The minimum absolute atomic E-state index is 0.0988. The quantitative estimate of drug-likeness (QED) is 0.881. The number of H-pyrrole nitrogens is 1. The second-order valence-electron chi connectivity index (χ2n) is 5.43. The second-order valence-corrected chi connectivity index (χ2v) is 5.87. The van der Waals surface area contributed by atoms with Crippen LogP contribution in [0.4, 0.5) is 0 Å². The summed E-state index contributed by atoms with van der Waals surface area (Å²) in [4.78, 5) is 29.8. The Balaban J connectivity index is 1.68. The van der Waals surface area contributed by atoms with Crippen molar-refractivity contribution in [2.45, 2.75) is 0 Å². The van der Waals surface area contributed by atoms with Gasteiger partial charge in [-0.3, -0.25) is 14.5 Å². The Morgan fingerprint density at radius 3 is 2.91 bits per heavy atom. The van der Waals surface area contributed by atoms with Crippen LogP contribution in [-0.4, -0.2) is 55.2 Å². The Labute approximate surface area is 138 Å². The summed E-state index contributed by atoms with van der Waals surface area (Å²) in [6.45, 7) is 4.41. The lowest BCUT2D eigenvalue weighted by Gasteiger charge is -2.26. The molecule has 2 N–H and O–H groups in total. The third kappa shape index (κ3) is 3.72. The number of ether oxygens (including phenoxy) is 1. The van der Waals surface area contributed by atoms with Crippen molar-refractivity contribution < 1.29 is 9.53 Å². The van der Waals surface area contributed by atoms with Gasteiger partial charge in [-0.1, -0.05) is 11.6 Å². The fourth-order valence-corrected chi connectivity index (χ4v) is 2.78. The molecule has 2 aromatic rings. The summed E-state index contributed by atoms with van der Waals surface area (Å²) in [5.74, 6) is -0.374. The van der Waals surface area contributed by atoms with E-state index in [4.69, 9.17) is 16.3 Å². The summed E-state index contributed by atoms with van der Waals surface area (Å²) >= 11 is 5.92. The van der Waals surface area contributed by atoms with Crippen LogP contribution in [0.5, 0.6) is 0 Å². The lowest BCUT2D eigenvalue weighted by molar-refractivity contribution is 0.0383. The van der Waals surface area contributed by atoms with Gasteiger partial charge in [0, 0.05) is 48.3 Å². The van der Waals surface area contributed by atoms with Gasteiger partial charge in [0.15, 0.2) is 0 Å². The highest BCUT2D eigenvalue weighted by atomic mass is 35.5. The molecule has 0 saturated carbocycles. The minimum Gasteiger partial charge on any atom is -0.379 e. The molecule has 1 aromatic carbocycles. The first-order chi connectivity index (χ1) is 11.1. The van der Waals surface area contributed by atoms with Gasteiger partial charge in [0.1, 0.15) is 5.56 Å². The number of rotatable bonds is 4. The SMILES string of the molecule is O=C(NCCN1CCOCC1)c1c[nH]c2ccc(Cl)cc2c1=O. The zero-order chi connectivity index (χ0) is 16.2. The van der Waals surface area contributed by atoms with Crippen molar-refractivity contribution in [1.29, 1.82) is 0 Å². The first-order valence-corrected chi connectivity index (χ1v) is 7.92. The van der Waals surface area contributed by atoms with Crippen LogP contribution in [0.25, 0.3) is 10.9 Å². The number of carbonyl (C=O) groups excluding carboxylic acids is 1. The number of amides is 1. The predicted molar refractivity (Wildman–Crippen MR) is 89.2 cm³/mol. The molecule has 3 rings (SSSR count). The molecule has 1 saturated heterocycles. The number of hydrogen-bond donors (Lipinski definition) is 2. The van der Waals surface area contributed by atoms with Crippen molar-refractivity contribution >= 4 is 28.4 Å². The van der Waals surface area contributed by atoms with Crippen LogP contribution >= 0.6 is 11.6 Å². The van der Waals surface area contributed by atoms with Crippen LogP contribution in [0, 0.1) is 0 Å². The normalized spacial score (nSPS) is 15.7. The molecule has 122 valence electrons. The van der Waals surface area contributed by atoms with E-state index in [1.54, 1.807) is 18.2 Å². The lowest BCUT2D eigenvalue weighted by atomic mass is 10.1. The van der Waals surface area contributed by atoms with Crippen LogP contribution in [0.15, 0.2) is 29.2 Å². The number of benzene rings is 1. The summed E-state index contributed by atoms with van der Waals surface area (Å²) in [5.41, 5.74) is 0.441. The van der Waals surface area contributed by atoms with Gasteiger partial charge in [-0.2, -0.15) is 0 Å². The van der Waals surface area contributed by atoms with E-state index in [1.807, 2.05) is 0 Å². The van der Waals surface area contributed by atoms with Crippen molar-refractivity contribution in [2.24, 2.45) is 0 Å². The lowest BCUT2D eigenvalue weighted by Crippen LogP contribution is -2.41. The highest BCUT2D eigenvalue weighted by Crippen LogP contribution is 2.15. The molecule has 23 heavy (non-hydrogen) atoms. The maximum Gasteiger partial charge on any atom is 0.256 e. The summed E-state index contributed by atoms with van der Waals surface area (Å²) in [6.07, 6.45) is 1.45. The monoisotopic (exact) mass is 335 g/mol. The van der Waals surface area contributed by atoms with E-state index in [9.17, 15) is 9.59 Å². The highest BCUT2D eigenvalue weighted by Gasteiger charge is 2.14. The minimum atomic E-state index is -0.374. The van der Waals surface area contributed by atoms with Crippen LogP contribution in [0.3, 0.4) is 0 Å². The molecule has 1 amide bonds. The second kappa shape index (κ2) is 7.12. The number of halogens is 1. The Bertz CT molecular complexity index is 769. The van der Waals surface area contributed by atoms with Crippen molar-refractivity contribution in [3.8, 4) is 0 Å². The Hall–Kier alpha value is -1.89. The summed E-state index contributed by atoms with van der Waals surface area (Å²) in [6, 6.07) is 4.99. The summed E-state index contributed by atoms with van der Waals surface area (Å²) < 4.78 is 5.28. The number of aromatic nitrogens is 1. The smallest absolute Gasteiger partial charge is 0.256 e. The van der Waals surface area contributed by atoms with E-state index in [-0.39, 0.29) is 16.9 Å². The number of hydrogen-bond acceptors (Lipinski definition) is 4. The molecule has 6 nitrogen and oxygen atoms in total. The largest absolute Gasteiger partial charge is 0.379 e. The third-order valence-electron chi connectivity index (χ3n) is 3.90. The van der Waals surface area contributed by atoms with Gasteiger partial charge in [0.25, 0.3) is 5.91 Å². The van der Waals surface area contributed by atoms with Crippen molar-refractivity contribution in [3.05, 3.63) is 45.2 Å². The first kappa shape index (κ1) is 16.0. The molecule has 0 atom stereocenters. The number of morpholine rings is 1. The molecular formula is C16H18ClN3O3. The molecule has 0 bridgehead atoms. The van der Waals surface area contributed by atoms with Crippen molar-refractivity contribution in [3.63, 3.8) is 0 Å². The van der Waals surface area contributed by atoms with E-state index in [1.165, 1.54) is 6.20 Å². The van der Waals surface area contributed by atoms with Crippen molar-refractivity contribution in [2.75, 3.05) is 39.4 Å². The van der Waals surface area contributed by atoms with Crippen molar-refractivity contribution in [1.82, 2.24) is 15.2 Å². The van der Waals surface area contributed by atoms with Gasteiger partial charge in [-0.25, -0.2) is 0 Å². The number of carbonyl (C=O) groups is 1. The number of aromatic amines is 1. The van der Waals surface area contributed by atoms with Crippen LogP contribution in [0.2, 0.25) is 5.02 Å². The van der Waals surface area contributed by atoms with Gasteiger partial charge in [0.05, 0.1) is 13.2 Å². The maximum absolute atomic E-state index is 12.4. The number of nitrogens with one attached hydrogen (secondary N) is 2. The average molecular weight is 336 g/mol. The van der Waals surface area contributed by atoms with Gasteiger partial charge < -0.3 is 15.0 Å². The first-order valence-electron chi connectivity index (χ1n) is 7.54. The number of pyridine rings is 1. The number of nitrogens with zero attached hydrogens (tertiary/aromatic N) is 1. The van der Waals surface area contributed by atoms with Crippen LogP contribution in [0.1, 0.15) is 10.4 Å². The predicted octanol–water partition coefficient (Wildman–Crippen LogP) is 1.24. The average Bonchev–Trinajstić information content (AvgIpc) is 2.56. The summed E-state index contributed by atoms with van der Waals surface area (Å²) in [7, 11) is 0. The third-order valence-corrected chi connectivity index (χ3v) is 4.14. The molecule has 0 unspecified atom stereocenters. The molecule has 1 aromatic heterocycles. The molecule has 1 aliphatic heterocycles. The Kier molecular flexibility index (Phi) is 4.95. The van der Waals surface area contributed by atoms with Crippen LogP contribution in [-0.2, 0) is 4.74 Å². The fourth-order valence-electron chi connectivity index (χ4n) is 2.61. The Morgan fingerprint density at radius 1 is 1.35 bits per heavy atom. The van der Waals surface area contributed by atoms with Gasteiger partial charge >= 0.3 is 0 Å². The Morgan fingerprint density at radius 2 is 2.13 bits per heavy atom. The maximum atomic E-state index is 12.4. The number of fused-ring (bicyclic) bond motifs is 1. The topological polar surface area (TPSA) is 74.4 Å². The standard InChI is InChI=1S/C16H18ClN3O3/c17-11-1-2-14-12(9-11)15(21)13(10-19-14)16(22)18-3-4-20-5-7-23-8-6-20/h1-2,9-10H,3-8H2,(H,18,22)(H,19,21). The van der Waals surface area contributed by atoms with Gasteiger partial charge in [-0.05, 0) is 18.2 Å². The molecule has 2 heterocycles. The van der Waals surface area contributed by atoms with Gasteiger partial charge in [0.2, 0.25) is 5.43 Å². The van der Waals surface area contributed by atoms with E-state index in [0.717, 1.165) is 32.8 Å². The van der Waals surface area contributed by atoms with E-state index in [2.05, 4.69) is 15.2 Å². The molecule has 0 aliphatic carbocycles. The zero-order valence-corrected chi connectivity index (χ0v) is 13.4. The van der Waals surface area contributed by atoms with E-state index >= 15 is 0 Å². The van der Waals surface area contributed by atoms with E-state index in [0.29, 0.717) is 22.5 Å². The zero-order valence-electron chi connectivity index (χ0n) is 12.6. The fraction of sp³-hybridized carbons (Fsp3) is 0.375. The molecule has 7 heteroatoms. The van der Waals surface area contributed by atoms with Crippen LogP contribution < -0.4 is 10.7 Å². The van der Waals surface area contributed by atoms with Gasteiger partial charge in [-0.15, -0.1) is 0 Å². The molecule has 0 radical (unpaired) electrons. The van der Waals surface area contributed by atoms with E-state index < -0.39 is 0 Å². The summed E-state index contributed by atoms with van der Waals surface area (Å²) in [5, 5.41) is 3.67. The molecule has 1 aliphatic rings. The highest BCUT2D eigenvalue weighted by molar-refractivity contribution is 6.31. The molecule has 0 spiro atoms.